The van der Waals surface area contributed by atoms with E-state index in [0.717, 1.165) is 0 Å². The number of hydrogen-bond acceptors (Lipinski definition) is 4. The van der Waals surface area contributed by atoms with Crippen molar-refractivity contribution in [2.75, 3.05) is 33.4 Å². The monoisotopic (exact) mass is 258 g/mol. The third kappa shape index (κ3) is 2.41. The molecule has 2 saturated heterocycles. The maximum absolute atomic E-state index is 12.1. The second-order valence-corrected chi connectivity index (χ2v) is 4.83. The molecule has 7 nitrogen and oxygen atoms in total. The number of urea groups is 1. The van der Waals surface area contributed by atoms with Crippen LogP contribution in [0.5, 0.6) is 0 Å². The van der Waals surface area contributed by atoms with Crippen molar-refractivity contribution in [3.8, 4) is 0 Å². The minimum absolute atomic E-state index is 0.139. The molecule has 3 unspecified atom stereocenters. The van der Waals surface area contributed by atoms with Crippen LogP contribution >= 0.6 is 0 Å². The zero-order valence-electron chi connectivity index (χ0n) is 10.3. The van der Waals surface area contributed by atoms with E-state index < -0.39 is 24.0 Å². The third-order valence-electron chi connectivity index (χ3n) is 3.60. The number of likely N-dealkylation sites (N-methyl/N-ethyl adjacent to an activating group) is 1. The number of carboxylic acids is 1. The molecule has 7 heteroatoms. The molecule has 3 atom stereocenters. The summed E-state index contributed by atoms with van der Waals surface area (Å²) in [5.74, 6) is -1.62. The fourth-order valence-corrected chi connectivity index (χ4v) is 2.44. The highest BCUT2D eigenvalue weighted by molar-refractivity contribution is 5.77. The summed E-state index contributed by atoms with van der Waals surface area (Å²) < 4.78 is 5.14. The summed E-state index contributed by atoms with van der Waals surface area (Å²) >= 11 is 0. The molecule has 2 amide bonds. The average molecular weight is 258 g/mol. The molecule has 0 aromatic heterocycles. The number of β-amino-alcohol motifs (C(OH)–C–C–N with tert-alkyl or cyclic N) is 1. The standard InChI is InChI=1S/C11H18N2O5/c1-12(9-6-18-5-8(9)10(15)16)11(17)13-3-2-7(14)4-13/h7-9,14H,2-6H2,1H3,(H,15,16). The molecular weight excluding hydrogens is 240 g/mol. The maximum Gasteiger partial charge on any atom is 0.320 e. The van der Waals surface area contributed by atoms with E-state index in [-0.39, 0.29) is 19.2 Å². The van der Waals surface area contributed by atoms with Crippen molar-refractivity contribution in [1.82, 2.24) is 9.80 Å². The second kappa shape index (κ2) is 5.11. The van der Waals surface area contributed by atoms with E-state index in [1.807, 2.05) is 0 Å². The first-order valence-corrected chi connectivity index (χ1v) is 6.01. The van der Waals surface area contributed by atoms with Crippen molar-refractivity contribution >= 4 is 12.0 Å². The molecule has 2 aliphatic heterocycles. The second-order valence-electron chi connectivity index (χ2n) is 4.83. The molecule has 0 aromatic carbocycles. The van der Waals surface area contributed by atoms with Crippen molar-refractivity contribution in [2.45, 2.75) is 18.6 Å². The Labute approximate surface area is 105 Å². The molecule has 0 radical (unpaired) electrons. The summed E-state index contributed by atoms with van der Waals surface area (Å²) in [6.45, 7) is 1.21. The molecule has 2 aliphatic rings. The quantitative estimate of drug-likeness (QED) is 0.677. The van der Waals surface area contributed by atoms with Crippen molar-refractivity contribution in [2.24, 2.45) is 5.92 Å². The van der Waals surface area contributed by atoms with E-state index in [0.29, 0.717) is 19.5 Å². The Morgan fingerprint density at radius 3 is 2.67 bits per heavy atom. The topological polar surface area (TPSA) is 90.3 Å². The van der Waals surface area contributed by atoms with Gasteiger partial charge in [-0.1, -0.05) is 0 Å². The number of nitrogens with zero attached hydrogens (tertiary/aromatic N) is 2. The van der Waals surface area contributed by atoms with Crippen LogP contribution in [0, 0.1) is 5.92 Å². The zero-order valence-corrected chi connectivity index (χ0v) is 10.3. The number of aliphatic hydroxyl groups excluding tert-OH is 1. The van der Waals surface area contributed by atoms with Crippen molar-refractivity contribution in [3.63, 3.8) is 0 Å². The highest BCUT2D eigenvalue weighted by Gasteiger charge is 2.40. The molecule has 18 heavy (non-hydrogen) atoms. The fraction of sp³-hybridized carbons (Fsp3) is 0.818. The summed E-state index contributed by atoms with van der Waals surface area (Å²) in [7, 11) is 1.59. The van der Waals surface area contributed by atoms with Crippen LogP contribution in [0.3, 0.4) is 0 Å². The normalized spacial score (nSPS) is 31.7. The molecule has 0 bridgehead atoms. The summed E-state index contributed by atoms with van der Waals surface area (Å²) in [6, 6.07) is -0.680. The SMILES string of the molecule is CN(C(=O)N1CCC(O)C1)C1COCC1C(=O)O. The predicted molar refractivity (Wildman–Crippen MR) is 61.1 cm³/mol. The molecule has 0 saturated carbocycles. The van der Waals surface area contributed by atoms with Crippen LogP contribution in [-0.4, -0.2) is 77.5 Å². The van der Waals surface area contributed by atoms with Gasteiger partial charge >= 0.3 is 12.0 Å². The smallest absolute Gasteiger partial charge is 0.320 e. The van der Waals surface area contributed by atoms with Gasteiger partial charge in [0, 0.05) is 20.1 Å². The molecule has 0 aliphatic carbocycles. The molecule has 102 valence electrons. The number of hydrogen-bond donors (Lipinski definition) is 2. The predicted octanol–water partition coefficient (Wildman–Crippen LogP) is -0.796. The van der Waals surface area contributed by atoms with Crippen LogP contribution in [0.4, 0.5) is 4.79 Å². The maximum atomic E-state index is 12.1. The summed E-state index contributed by atoms with van der Waals surface area (Å²) in [4.78, 5) is 26.1. The van der Waals surface area contributed by atoms with Crippen LogP contribution in [0.1, 0.15) is 6.42 Å². The number of amides is 2. The first kappa shape index (κ1) is 13.1. The van der Waals surface area contributed by atoms with Crippen molar-refractivity contribution in [1.29, 1.82) is 0 Å². The molecular formula is C11H18N2O5. The van der Waals surface area contributed by atoms with Gasteiger partial charge in [0.05, 0.1) is 25.4 Å². The van der Waals surface area contributed by atoms with Gasteiger partial charge in [0.1, 0.15) is 5.92 Å². The number of carbonyl (C=O) groups excluding carboxylic acids is 1. The van der Waals surface area contributed by atoms with Gasteiger partial charge in [0.2, 0.25) is 0 Å². The lowest BCUT2D eigenvalue weighted by Gasteiger charge is -2.30. The Bertz CT molecular complexity index is 348. The fourth-order valence-electron chi connectivity index (χ4n) is 2.44. The number of carbonyl (C=O) groups is 2. The summed E-state index contributed by atoms with van der Waals surface area (Å²) in [6.07, 6.45) is 0.0979. The Morgan fingerprint density at radius 2 is 2.11 bits per heavy atom. The van der Waals surface area contributed by atoms with Crippen molar-refractivity contribution in [3.05, 3.63) is 0 Å². The lowest BCUT2D eigenvalue weighted by molar-refractivity contribution is -0.142. The van der Waals surface area contributed by atoms with Gasteiger partial charge in [0.25, 0.3) is 0 Å². The van der Waals surface area contributed by atoms with Gasteiger partial charge in [-0.15, -0.1) is 0 Å². The molecule has 0 aromatic rings. The van der Waals surface area contributed by atoms with E-state index in [9.17, 15) is 14.7 Å². The molecule has 2 heterocycles. The lowest BCUT2D eigenvalue weighted by Crippen LogP contribution is -2.49. The van der Waals surface area contributed by atoms with Crippen molar-refractivity contribution < 1.29 is 24.5 Å². The van der Waals surface area contributed by atoms with Crippen LogP contribution in [0.15, 0.2) is 0 Å². The Kier molecular flexibility index (Phi) is 3.72. The first-order valence-electron chi connectivity index (χ1n) is 6.01. The van der Waals surface area contributed by atoms with Gasteiger partial charge in [0.15, 0.2) is 0 Å². The van der Waals surface area contributed by atoms with E-state index in [1.54, 1.807) is 11.9 Å². The van der Waals surface area contributed by atoms with Gasteiger partial charge in [-0.05, 0) is 6.42 Å². The van der Waals surface area contributed by atoms with Gasteiger partial charge < -0.3 is 24.7 Å². The van der Waals surface area contributed by atoms with E-state index in [4.69, 9.17) is 9.84 Å². The first-order chi connectivity index (χ1) is 8.50. The van der Waals surface area contributed by atoms with Crippen LogP contribution < -0.4 is 0 Å². The van der Waals surface area contributed by atoms with E-state index in [1.165, 1.54) is 4.90 Å². The highest BCUT2D eigenvalue weighted by Crippen LogP contribution is 2.21. The number of carboxylic acid groups (broad SMARTS) is 1. The van der Waals surface area contributed by atoms with Gasteiger partial charge in [-0.3, -0.25) is 4.79 Å². The Balaban J connectivity index is 2.00. The molecule has 2 N–H and O–H groups in total. The number of ether oxygens (including phenoxy) is 1. The Morgan fingerprint density at radius 1 is 1.39 bits per heavy atom. The largest absolute Gasteiger partial charge is 0.481 e. The third-order valence-corrected chi connectivity index (χ3v) is 3.60. The van der Waals surface area contributed by atoms with E-state index in [2.05, 4.69) is 0 Å². The highest BCUT2D eigenvalue weighted by atomic mass is 16.5. The van der Waals surface area contributed by atoms with Crippen LogP contribution in [-0.2, 0) is 9.53 Å². The number of rotatable bonds is 2. The van der Waals surface area contributed by atoms with Crippen LogP contribution in [0.25, 0.3) is 0 Å². The number of likely N-dealkylation sites (tertiary alicyclic amines) is 1. The van der Waals surface area contributed by atoms with Gasteiger partial charge in [-0.2, -0.15) is 0 Å². The lowest BCUT2D eigenvalue weighted by atomic mass is 10.0. The number of aliphatic carboxylic acids is 1. The summed E-state index contributed by atoms with van der Waals surface area (Å²) in [5, 5.41) is 18.5. The zero-order chi connectivity index (χ0) is 13.3. The number of aliphatic hydroxyl groups is 1. The molecule has 2 rings (SSSR count). The minimum atomic E-state index is -0.946. The molecule has 2 fully saturated rings. The van der Waals surface area contributed by atoms with Crippen LogP contribution in [0.2, 0.25) is 0 Å². The minimum Gasteiger partial charge on any atom is -0.481 e. The van der Waals surface area contributed by atoms with E-state index >= 15 is 0 Å². The average Bonchev–Trinajstić information content (AvgIpc) is 2.95. The molecule has 0 spiro atoms. The summed E-state index contributed by atoms with van der Waals surface area (Å²) in [5.41, 5.74) is 0. The van der Waals surface area contributed by atoms with Gasteiger partial charge in [-0.25, -0.2) is 4.79 Å². The Hall–Kier alpha value is -1.34.